The van der Waals surface area contributed by atoms with Crippen molar-refractivity contribution in [1.29, 1.82) is 0 Å². The maximum atomic E-state index is 12.2. The van der Waals surface area contributed by atoms with Crippen LogP contribution in [0.5, 0.6) is 0 Å². The first-order valence-electron chi connectivity index (χ1n) is 7.89. The molecule has 1 aromatic carbocycles. The second kappa shape index (κ2) is 7.51. The number of rotatable bonds is 5. The average Bonchev–Trinajstić information content (AvgIpc) is 2.63. The van der Waals surface area contributed by atoms with Crippen LogP contribution in [0.3, 0.4) is 0 Å². The zero-order valence-electron chi connectivity index (χ0n) is 13.6. The minimum Gasteiger partial charge on any atom is -0.352 e. The Bertz CT molecular complexity index is 831. The van der Waals surface area contributed by atoms with Gasteiger partial charge in [-0.25, -0.2) is 0 Å². The van der Waals surface area contributed by atoms with E-state index in [2.05, 4.69) is 15.3 Å². The summed E-state index contributed by atoms with van der Waals surface area (Å²) in [6.07, 6.45) is 5.67. The van der Waals surface area contributed by atoms with Crippen molar-refractivity contribution >= 4 is 5.91 Å². The van der Waals surface area contributed by atoms with Crippen LogP contribution >= 0.6 is 0 Å². The van der Waals surface area contributed by atoms with Crippen LogP contribution in [0.1, 0.15) is 16.8 Å². The van der Waals surface area contributed by atoms with E-state index in [9.17, 15) is 4.79 Å². The molecular weight excluding hydrogens is 298 g/mol. The summed E-state index contributed by atoms with van der Waals surface area (Å²) in [5, 5.41) is 3.00. The highest BCUT2D eigenvalue weighted by molar-refractivity contribution is 5.79. The van der Waals surface area contributed by atoms with E-state index in [-0.39, 0.29) is 5.91 Å². The smallest absolute Gasteiger partial charge is 0.224 e. The second-order valence-corrected chi connectivity index (χ2v) is 5.60. The van der Waals surface area contributed by atoms with Crippen molar-refractivity contribution in [3.05, 3.63) is 83.9 Å². The van der Waals surface area contributed by atoms with Crippen molar-refractivity contribution in [2.24, 2.45) is 0 Å². The van der Waals surface area contributed by atoms with E-state index in [1.54, 1.807) is 12.4 Å². The van der Waals surface area contributed by atoms with Crippen LogP contribution in [0.15, 0.2) is 67.1 Å². The van der Waals surface area contributed by atoms with Crippen LogP contribution in [0.4, 0.5) is 0 Å². The summed E-state index contributed by atoms with van der Waals surface area (Å²) >= 11 is 0. The van der Waals surface area contributed by atoms with Crippen LogP contribution in [-0.4, -0.2) is 15.9 Å². The number of carbonyl (C=O) groups is 1. The number of aryl methyl sites for hydroxylation is 1. The van der Waals surface area contributed by atoms with Gasteiger partial charge < -0.3 is 5.32 Å². The highest BCUT2D eigenvalue weighted by Gasteiger charge is 2.08. The first-order chi connectivity index (χ1) is 11.7. The van der Waals surface area contributed by atoms with Crippen molar-refractivity contribution < 1.29 is 4.79 Å². The number of nitrogens with one attached hydrogen (secondary N) is 1. The standard InChI is InChI=1S/C20H19N3O/c1-15-16(7-5-11-22-15)12-20(24)23-14-18-6-2-3-9-19(18)17-8-4-10-21-13-17/h2-11,13H,12,14H2,1H3,(H,23,24). The van der Waals surface area contributed by atoms with Gasteiger partial charge in [0.15, 0.2) is 0 Å². The lowest BCUT2D eigenvalue weighted by Crippen LogP contribution is -2.25. The quantitative estimate of drug-likeness (QED) is 0.785. The Hall–Kier alpha value is -3.01. The van der Waals surface area contributed by atoms with E-state index in [4.69, 9.17) is 0 Å². The van der Waals surface area contributed by atoms with Gasteiger partial charge in [0, 0.05) is 36.4 Å². The molecule has 4 nitrogen and oxygen atoms in total. The van der Waals surface area contributed by atoms with Gasteiger partial charge in [0.1, 0.15) is 0 Å². The average molecular weight is 317 g/mol. The fourth-order valence-corrected chi connectivity index (χ4v) is 2.61. The van der Waals surface area contributed by atoms with Crippen LogP contribution in [-0.2, 0) is 17.8 Å². The molecule has 0 spiro atoms. The zero-order valence-corrected chi connectivity index (χ0v) is 13.6. The molecule has 0 aliphatic rings. The van der Waals surface area contributed by atoms with Gasteiger partial charge in [-0.15, -0.1) is 0 Å². The van der Waals surface area contributed by atoms with E-state index < -0.39 is 0 Å². The summed E-state index contributed by atoms with van der Waals surface area (Å²) in [6, 6.07) is 15.8. The number of nitrogens with zero attached hydrogens (tertiary/aromatic N) is 2. The van der Waals surface area contributed by atoms with E-state index >= 15 is 0 Å². The molecule has 4 heteroatoms. The van der Waals surface area contributed by atoms with E-state index in [0.717, 1.165) is 27.9 Å². The molecule has 0 saturated heterocycles. The van der Waals surface area contributed by atoms with Gasteiger partial charge in [-0.2, -0.15) is 0 Å². The maximum Gasteiger partial charge on any atom is 0.224 e. The van der Waals surface area contributed by atoms with E-state index in [1.807, 2.05) is 61.7 Å². The van der Waals surface area contributed by atoms with Gasteiger partial charge in [0.05, 0.1) is 6.42 Å². The molecule has 3 aromatic rings. The third-order valence-electron chi connectivity index (χ3n) is 3.93. The summed E-state index contributed by atoms with van der Waals surface area (Å²) < 4.78 is 0. The molecule has 24 heavy (non-hydrogen) atoms. The van der Waals surface area contributed by atoms with Gasteiger partial charge in [0.25, 0.3) is 0 Å². The van der Waals surface area contributed by atoms with Gasteiger partial charge in [-0.3, -0.25) is 14.8 Å². The number of carbonyl (C=O) groups excluding carboxylic acids is 1. The van der Waals surface area contributed by atoms with Crippen LogP contribution in [0, 0.1) is 6.92 Å². The summed E-state index contributed by atoms with van der Waals surface area (Å²) in [5.41, 5.74) is 5.05. The number of aromatic nitrogens is 2. The van der Waals surface area contributed by atoms with E-state index in [1.165, 1.54) is 0 Å². The molecule has 0 aliphatic carbocycles. The maximum absolute atomic E-state index is 12.2. The minimum atomic E-state index is -0.00732. The van der Waals surface area contributed by atoms with Crippen molar-refractivity contribution in [3.8, 4) is 11.1 Å². The Morgan fingerprint density at radius 2 is 1.79 bits per heavy atom. The first-order valence-corrected chi connectivity index (χ1v) is 7.89. The second-order valence-electron chi connectivity index (χ2n) is 5.60. The molecule has 0 radical (unpaired) electrons. The molecule has 0 saturated carbocycles. The molecule has 0 fully saturated rings. The third kappa shape index (κ3) is 3.84. The molecule has 120 valence electrons. The highest BCUT2D eigenvalue weighted by atomic mass is 16.1. The molecule has 0 bridgehead atoms. The molecule has 1 amide bonds. The highest BCUT2D eigenvalue weighted by Crippen LogP contribution is 2.22. The van der Waals surface area contributed by atoms with Gasteiger partial charge in [-0.05, 0) is 35.7 Å². The Morgan fingerprint density at radius 1 is 1.00 bits per heavy atom. The monoisotopic (exact) mass is 317 g/mol. The Morgan fingerprint density at radius 3 is 2.58 bits per heavy atom. The fourth-order valence-electron chi connectivity index (χ4n) is 2.61. The summed E-state index contributed by atoms with van der Waals surface area (Å²) in [5.74, 6) is -0.00732. The largest absolute Gasteiger partial charge is 0.352 e. The van der Waals surface area contributed by atoms with Crippen molar-refractivity contribution in [3.63, 3.8) is 0 Å². The zero-order chi connectivity index (χ0) is 16.8. The Labute approximate surface area is 141 Å². The SMILES string of the molecule is Cc1ncccc1CC(=O)NCc1ccccc1-c1cccnc1. The van der Waals surface area contributed by atoms with Crippen LogP contribution in [0.2, 0.25) is 0 Å². The molecule has 1 N–H and O–H groups in total. The molecule has 2 aromatic heterocycles. The van der Waals surface area contributed by atoms with Crippen molar-refractivity contribution in [2.75, 3.05) is 0 Å². The molecule has 0 unspecified atom stereocenters. The normalized spacial score (nSPS) is 10.4. The Kier molecular flexibility index (Phi) is 4.96. The number of hydrogen-bond donors (Lipinski definition) is 1. The lowest BCUT2D eigenvalue weighted by atomic mass is 10.0. The molecule has 2 heterocycles. The number of benzene rings is 1. The number of pyridine rings is 2. The Balaban J connectivity index is 1.69. The topological polar surface area (TPSA) is 54.9 Å². The van der Waals surface area contributed by atoms with Gasteiger partial charge in [-0.1, -0.05) is 36.4 Å². The summed E-state index contributed by atoms with van der Waals surface area (Å²) in [4.78, 5) is 20.6. The molecule has 0 aliphatic heterocycles. The summed E-state index contributed by atoms with van der Waals surface area (Å²) in [6.45, 7) is 2.41. The molecule has 3 rings (SSSR count). The molecular formula is C20H19N3O. The van der Waals surface area contributed by atoms with Crippen LogP contribution < -0.4 is 5.32 Å². The lowest BCUT2D eigenvalue weighted by Gasteiger charge is -2.11. The van der Waals surface area contributed by atoms with Gasteiger partial charge in [0.2, 0.25) is 5.91 Å². The fraction of sp³-hybridized carbons (Fsp3) is 0.150. The van der Waals surface area contributed by atoms with E-state index in [0.29, 0.717) is 13.0 Å². The first kappa shape index (κ1) is 15.9. The predicted molar refractivity (Wildman–Crippen MR) is 94.2 cm³/mol. The van der Waals surface area contributed by atoms with Crippen molar-refractivity contribution in [2.45, 2.75) is 19.9 Å². The number of amides is 1. The summed E-state index contributed by atoms with van der Waals surface area (Å²) in [7, 11) is 0. The lowest BCUT2D eigenvalue weighted by molar-refractivity contribution is -0.120. The van der Waals surface area contributed by atoms with Crippen molar-refractivity contribution in [1.82, 2.24) is 15.3 Å². The van der Waals surface area contributed by atoms with Gasteiger partial charge >= 0.3 is 0 Å². The van der Waals surface area contributed by atoms with Crippen LogP contribution in [0.25, 0.3) is 11.1 Å². The predicted octanol–water partition coefficient (Wildman–Crippen LogP) is 3.31. The third-order valence-corrected chi connectivity index (χ3v) is 3.93. The number of hydrogen-bond acceptors (Lipinski definition) is 3. The minimum absolute atomic E-state index is 0.00732. The molecule has 0 atom stereocenters.